The van der Waals surface area contributed by atoms with Gasteiger partial charge in [0.05, 0.1) is 0 Å². The number of rotatable bonds is 6. The SMILES string of the molecule is CCC(CNC1CC1)N(C)c1ccc(C)cc1. The molecule has 1 aliphatic rings. The summed E-state index contributed by atoms with van der Waals surface area (Å²) in [4.78, 5) is 2.40. The van der Waals surface area contributed by atoms with Crippen molar-refractivity contribution in [2.75, 3.05) is 18.5 Å². The summed E-state index contributed by atoms with van der Waals surface area (Å²) < 4.78 is 0. The normalized spacial score (nSPS) is 16.9. The summed E-state index contributed by atoms with van der Waals surface area (Å²) in [6, 6.07) is 10.2. The third-order valence-electron chi connectivity index (χ3n) is 3.68. The highest BCUT2D eigenvalue weighted by molar-refractivity contribution is 5.47. The second kappa shape index (κ2) is 5.54. The Kier molecular flexibility index (Phi) is 4.06. The third kappa shape index (κ3) is 3.47. The van der Waals surface area contributed by atoms with Gasteiger partial charge in [-0.25, -0.2) is 0 Å². The minimum Gasteiger partial charge on any atom is -0.370 e. The van der Waals surface area contributed by atoms with Gasteiger partial charge in [0.25, 0.3) is 0 Å². The van der Waals surface area contributed by atoms with E-state index in [2.05, 4.69) is 55.4 Å². The Bertz CT molecular complexity index is 340. The number of aryl methyl sites for hydroxylation is 1. The number of nitrogens with zero attached hydrogens (tertiary/aromatic N) is 1. The van der Waals surface area contributed by atoms with Gasteiger partial charge < -0.3 is 10.2 Å². The van der Waals surface area contributed by atoms with E-state index in [4.69, 9.17) is 0 Å². The molecule has 1 N–H and O–H groups in total. The van der Waals surface area contributed by atoms with Crippen LogP contribution in [0.3, 0.4) is 0 Å². The molecule has 1 aromatic carbocycles. The minimum absolute atomic E-state index is 0.596. The van der Waals surface area contributed by atoms with Crippen LogP contribution in [-0.2, 0) is 0 Å². The molecule has 0 spiro atoms. The first kappa shape index (κ1) is 12.4. The van der Waals surface area contributed by atoms with E-state index in [1.165, 1.54) is 30.5 Å². The number of hydrogen-bond donors (Lipinski definition) is 1. The van der Waals surface area contributed by atoms with Gasteiger partial charge in [0.2, 0.25) is 0 Å². The highest BCUT2D eigenvalue weighted by Crippen LogP contribution is 2.20. The molecule has 0 heterocycles. The molecule has 0 amide bonds. The van der Waals surface area contributed by atoms with Crippen LogP contribution in [0.4, 0.5) is 5.69 Å². The van der Waals surface area contributed by atoms with Crippen molar-refractivity contribution in [3.05, 3.63) is 29.8 Å². The smallest absolute Gasteiger partial charge is 0.0408 e. The zero-order chi connectivity index (χ0) is 12.3. The molecular formula is C15H24N2. The van der Waals surface area contributed by atoms with Crippen molar-refractivity contribution >= 4 is 5.69 Å². The van der Waals surface area contributed by atoms with Crippen molar-refractivity contribution in [3.63, 3.8) is 0 Å². The van der Waals surface area contributed by atoms with E-state index in [-0.39, 0.29) is 0 Å². The highest BCUT2D eigenvalue weighted by atomic mass is 15.2. The van der Waals surface area contributed by atoms with E-state index < -0.39 is 0 Å². The average molecular weight is 232 g/mol. The Morgan fingerprint density at radius 3 is 2.47 bits per heavy atom. The fourth-order valence-corrected chi connectivity index (χ4v) is 2.14. The van der Waals surface area contributed by atoms with Crippen molar-refractivity contribution in [2.24, 2.45) is 0 Å². The Labute approximate surface area is 105 Å². The minimum atomic E-state index is 0.596. The van der Waals surface area contributed by atoms with Gasteiger partial charge in [-0.15, -0.1) is 0 Å². The predicted molar refractivity (Wildman–Crippen MR) is 74.7 cm³/mol. The van der Waals surface area contributed by atoms with E-state index in [1.807, 2.05) is 0 Å². The van der Waals surface area contributed by atoms with Gasteiger partial charge in [-0.2, -0.15) is 0 Å². The van der Waals surface area contributed by atoms with Gasteiger partial charge in [-0.3, -0.25) is 0 Å². The maximum Gasteiger partial charge on any atom is 0.0408 e. The lowest BCUT2D eigenvalue weighted by atomic mass is 10.1. The van der Waals surface area contributed by atoms with Crippen LogP contribution in [0.1, 0.15) is 31.7 Å². The summed E-state index contributed by atoms with van der Waals surface area (Å²) >= 11 is 0. The number of hydrogen-bond acceptors (Lipinski definition) is 2. The maximum atomic E-state index is 3.63. The van der Waals surface area contributed by atoms with E-state index in [0.29, 0.717) is 6.04 Å². The van der Waals surface area contributed by atoms with Gasteiger partial charge >= 0.3 is 0 Å². The number of benzene rings is 1. The zero-order valence-electron chi connectivity index (χ0n) is 11.2. The lowest BCUT2D eigenvalue weighted by Crippen LogP contribution is -2.40. The third-order valence-corrected chi connectivity index (χ3v) is 3.68. The molecule has 2 nitrogen and oxygen atoms in total. The van der Waals surface area contributed by atoms with E-state index >= 15 is 0 Å². The van der Waals surface area contributed by atoms with E-state index in [0.717, 1.165) is 12.6 Å². The first-order valence-corrected chi connectivity index (χ1v) is 6.73. The molecule has 1 aliphatic carbocycles. The van der Waals surface area contributed by atoms with Crippen LogP contribution in [0.5, 0.6) is 0 Å². The van der Waals surface area contributed by atoms with Gasteiger partial charge in [0.15, 0.2) is 0 Å². The van der Waals surface area contributed by atoms with Crippen molar-refractivity contribution in [3.8, 4) is 0 Å². The predicted octanol–water partition coefficient (Wildman–Crippen LogP) is 2.96. The summed E-state index contributed by atoms with van der Waals surface area (Å²) in [6.07, 6.45) is 3.92. The lowest BCUT2D eigenvalue weighted by molar-refractivity contribution is 0.539. The van der Waals surface area contributed by atoms with Crippen molar-refractivity contribution < 1.29 is 0 Å². The summed E-state index contributed by atoms with van der Waals surface area (Å²) in [5.41, 5.74) is 2.64. The fourth-order valence-electron chi connectivity index (χ4n) is 2.14. The summed E-state index contributed by atoms with van der Waals surface area (Å²) in [6.45, 7) is 5.51. The van der Waals surface area contributed by atoms with Crippen LogP contribution >= 0.6 is 0 Å². The van der Waals surface area contributed by atoms with Crippen molar-refractivity contribution in [1.82, 2.24) is 5.32 Å². The number of anilines is 1. The Morgan fingerprint density at radius 1 is 1.29 bits per heavy atom. The summed E-state index contributed by atoms with van der Waals surface area (Å²) in [7, 11) is 2.20. The molecule has 94 valence electrons. The Morgan fingerprint density at radius 2 is 1.94 bits per heavy atom. The van der Waals surface area contributed by atoms with Crippen molar-refractivity contribution in [1.29, 1.82) is 0 Å². The van der Waals surface area contributed by atoms with Crippen molar-refractivity contribution in [2.45, 2.75) is 45.2 Å². The molecule has 1 unspecified atom stereocenters. The molecule has 2 rings (SSSR count). The van der Waals surface area contributed by atoms with Crippen LogP contribution < -0.4 is 10.2 Å². The van der Waals surface area contributed by atoms with E-state index in [9.17, 15) is 0 Å². The zero-order valence-corrected chi connectivity index (χ0v) is 11.2. The quantitative estimate of drug-likeness (QED) is 0.811. The Balaban J connectivity index is 1.94. The second-order valence-electron chi connectivity index (χ2n) is 5.19. The van der Waals surface area contributed by atoms with Crippen LogP contribution in [0.25, 0.3) is 0 Å². The van der Waals surface area contributed by atoms with Gasteiger partial charge in [0, 0.05) is 31.4 Å². The van der Waals surface area contributed by atoms with Gasteiger partial charge in [-0.1, -0.05) is 24.6 Å². The summed E-state index contributed by atoms with van der Waals surface area (Å²) in [5, 5.41) is 3.63. The lowest BCUT2D eigenvalue weighted by Gasteiger charge is -2.29. The number of likely N-dealkylation sites (N-methyl/N-ethyl adjacent to an activating group) is 1. The molecule has 1 aromatic rings. The van der Waals surface area contributed by atoms with Gasteiger partial charge in [0.1, 0.15) is 0 Å². The Hall–Kier alpha value is -1.02. The molecule has 1 fully saturated rings. The largest absolute Gasteiger partial charge is 0.370 e. The van der Waals surface area contributed by atoms with E-state index in [1.54, 1.807) is 0 Å². The summed E-state index contributed by atoms with van der Waals surface area (Å²) in [5.74, 6) is 0. The molecule has 1 saturated carbocycles. The molecule has 2 heteroatoms. The first-order chi connectivity index (χ1) is 8.20. The maximum absolute atomic E-state index is 3.63. The molecule has 1 atom stereocenters. The average Bonchev–Trinajstić information content (AvgIpc) is 3.14. The van der Waals surface area contributed by atoms with Gasteiger partial charge in [-0.05, 0) is 38.3 Å². The molecule has 17 heavy (non-hydrogen) atoms. The molecule has 0 aromatic heterocycles. The molecule has 0 saturated heterocycles. The fraction of sp³-hybridized carbons (Fsp3) is 0.600. The first-order valence-electron chi connectivity index (χ1n) is 6.73. The van der Waals surface area contributed by atoms with Crippen LogP contribution in [-0.4, -0.2) is 25.7 Å². The second-order valence-corrected chi connectivity index (χ2v) is 5.19. The standard InChI is InChI=1S/C15H24N2/c1-4-14(11-16-13-7-8-13)17(3)15-9-5-12(2)6-10-15/h5-6,9-10,13-14,16H,4,7-8,11H2,1-3H3. The molecular weight excluding hydrogens is 208 g/mol. The van der Waals surface area contributed by atoms with Crippen LogP contribution in [0, 0.1) is 6.92 Å². The van der Waals surface area contributed by atoms with Crippen LogP contribution in [0.2, 0.25) is 0 Å². The molecule has 0 bridgehead atoms. The molecule has 0 aliphatic heterocycles. The highest BCUT2D eigenvalue weighted by Gasteiger charge is 2.22. The monoisotopic (exact) mass is 232 g/mol. The van der Waals surface area contributed by atoms with Crippen LogP contribution in [0.15, 0.2) is 24.3 Å². The number of nitrogens with one attached hydrogen (secondary N) is 1. The molecule has 0 radical (unpaired) electrons. The topological polar surface area (TPSA) is 15.3 Å².